The fourth-order valence-electron chi connectivity index (χ4n) is 2.15. The van der Waals surface area contributed by atoms with E-state index in [0.717, 1.165) is 26.1 Å². The molecule has 0 heterocycles. The second-order valence-electron chi connectivity index (χ2n) is 5.61. The van der Waals surface area contributed by atoms with Crippen LogP contribution in [0.2, 0.25) is 0 Å². The first-order valence-electron chi connectivity index (χ1n) is 7.51. The molecule has 108 valence electrons. The Morgan fingerprint density at radius 1 is 1.16 bits per heavy atom. The first-order chi connectivity index (χ1) is 9.17. The molecular formula is C17H29NO. The van der Waals surface area contributed by atoms with Crippen LogP contribution in [0.1, 0.15) is 50.8 Å². The van der Waals surface area contributed by atoms with E-state index in [1.54, 1.807) is 0 Å². The Bertz CT molecular complexity index is 332. The van der Waals surface area contributed by atoms with Crippen LogP contribution in [0.3, 0.4) is 0 Å². The van der Waals surface area contributed by atoms with E-state index in [2.05, 4.69) is 50.4 Å². The summed E-state index contributed by atoms with van der Waals surface area (Å²) in [6, 6.07) is 9.23. The Labute approximate surface area is 118 Å². The zero-order valence-electron chi connectivity index (χ0n) is 12.9. The number of ether oxygens (including phenoxy) is 1. The van der Waals surface area contributed by atoms with Gasteiger partial charge in [-0.05, 0) is 36.9 Å². The lowest BCUT2D eigenvalue weighted by atomic mass is 10.00. The van der Waals surface area contributed by atoms with Crippen molar-refractivity contribution in [1.82, 2.24) is 5.32 Å². The van der Waals surface area contributed by atoms with Crippen molar-refractivity contribution in [1.29, 1.82) is 0 Å². The molecule has 0 fully saturated rings. The van der Waals surface area contributed by atoms with E-state index in [1.807, 2.05) is 7.05 Å². The van der Waals surface area contributed by atoms with Crippen LogP contribution in [-0.4, -0.2) is 20.3 Å². The van der Waals surface area contributed by atoms with E-state index < -0.39 is 0 Å². The highest BCUT2D eigenvalue weighted by Gasteiger charge is 2.09. The quantitative estimate of drug-likeness (QED) is 0.681. The van der Waals surface area contributed by atoms with Crippen LogP contribution in [0.15, 0.2) is 24.3 Å². The molecule has 0 saturated heterocycles. The Balaban J connectivity index is 2.51. The van der Waals surface area contributed by atoms with E-state index in [-0.39, 0.29) is 0 Å². The third kappa shape index (κ3) is 6.22. The van der Waals surface area contributed by atoms with Gasteiger partial charge >= 0.3 is 0 Å². The number of likely N-dealkylation sites (N-methyl/N-ethyl adjacent to an activating group) is 1. The molecule has 1 N–H and O–H groups in total. The molecule has 19 heavy (non-hydrogen) atoms. The van der Waals surface area contributed by atoms with E-state index in [1.165, 1.54) is 17.5 Å². The van der Waals surface area contributed by atoms with E-state index in [9.17, 15) is 0 Å². The molecule has 1 aromatic rings. The lowest BCUT2D eigenvalue weighted by molar-refractivity contribution is 0.111. The molecule has 0 amide bonds. The average molecular weight is 263 g/mol. The van der Waals surface area contributed by atoms with Gasteiger partial charge in [0.25, 0.3) is 0 Å². The van der Waals surface area contributed by atoms with Crippen molar-refractivity contribution in [3.8, 4) is 0 Å². The van der Waals surface area contributed by atoms with E-state index in [0.29, 0.717) is 12.0 Å². The first kappa shape index (κ1) is 16.2. The number of hydrogen-bond donors (Lipinski definition) is 1. The number of unbranched alkanes of at least 4 members (excludes halogenated alkanes) is 1. The van der Waals surface area contributed by atoms with Gasteiger partial charge in [-0.25, -0.2) is 0 Å². The third-order valence-electron chi connectivity index (χ3n) is 3.30. The van der Waals surface area contributed by atoms with Gasteiger partial charge in [0.05, 0.1) is 12.6 Å². The standard InChI is InChI=1S/C17H29NO/c1-5-6-11-19-13-17(18-4)16-9-7-15(8-10-16)12-14(2)3/h7-10,14,17-18H,5-6,11-13H2,1-4H3. The largest absolute Gasteiger partial charge is 0.379 e. The maximum absolute atomic E-state index is 5.71. The zero-order chi connectivity index (χ0) is 14.1. The van der Waals surface area contributed by atoms with Gasteiger partial charge in [-0.15, -0.1) is 0 Å². The maximum Gasteiger partial charge on any atom is 0.0661 e. The minimum atomic E-state index is 0.296. The predicted octanol–water partition coefficient (Wildman–Crippen LogP) is 3.96. The van der Waals surface area contributed by atoms with Crippen molar-refractivity contribution in [3.63, 3.8) is 0 Å². The summed E-state index contributed by atoms with van der Waals surface area (Å²) in [6.07, 6.45) is 3.48. The summed E-state index contributed by atoms with van der Waals surface area (Å²) >= 11 is 0. The molecule has 0 aromatic heterocycles. The summed E-state index contributed by atoms with van der Waals surface area (Å²) in [5.74, 6) is 0.711. The highest BCUT2D eigenvalue weighted by molar-refractivity contribution is 5.25. The molecular weight excluding hydrogens is 234 g/mol. The van der Waals surface area contributed by atoms with Gasteiger partial charge in [0.1, 0.15) is 0 Å². The molecule has 1 aromatic carbocycles. The summed E-state index contributed by atoms with van der Waals surface area (Å²) in [6.45, 7) is 8.31. The summed E-state index contributed by atoms with van der Waals surface area (Å²) in [7, 11) is 2.00. The summed E-state index contributed by atoms with van der Waals surface area (Å²) < 4.78 is 5.71. The van der Waals surface area contributed by atoms with Crippen LogP contribution in [0.5, 0.6) is 0 Å². The van der Waals surface area contributed by atoms with E-state index in [4.69, 9.17) is 4.74 Å². The predicted molar refractivity (Wildman–Crippen MR) is 82.5 cm³/mol. The second kappa shape index (κ2) is 9.11. The van der Waals surface area contributed by atoms with Gasteiger partial charge < -0.3 is 10.1 Å². The molecule has 1 unspecified atom stereocenters. The number of nitrogens with one attached hydrogen (secondary N) is 1. The number of benzene rings is 1. The van der Waals surface area contributed by atoms with Crippen LogP contribution in [0.25, 0.3) is 0 Å². The van der Waals surface area contributed by atoms with Gasteiger partial charge in [0, 0.05) is 6.61 Å². The second-order valence-corrected chi connectivity index (χ2v) is 5.61. The van der Waals surface area contributed by atoms with Gasteiger partial charge in [-0.3, -0.25) is 0 Å². The smallest absolute Gasteiger partial charge is 0.0661 e. The average Bonchev–Trinajstić information content (AvgIpc) is 2.40. The topological polar surface area (TPSA) is 21.3 Å². The van der Waals surface area contributed by atoms with Crippen LogP contribution >= 0.6 is 0 Å². The molecule has 0 radical (unpaired) electrons. The van der Waals surface area contributed by atoms with Crippen molar-refractivity contribution in [2.45, 2.75) is 46.1 Å². The fraction of sp³-hybridized carbons (Fsp3) is 0.647. The molecule has 1 rings (SSSR count). The fourth-order valence-corrected chi connectivity index (χ4v) is 2.15. The van der Waals surface area contributed by atoms with Crippen LogP contribution in [0.4, 0.5) is 0 Å². The Morgan fingerprint density at radius 2 is 1.84 bits per heavy atom. The van der Waals surface area contributed by atoms with Gasteiger partial charge in [-0.1, -0.05) is 51.5 Å². The molecule has 2 heteroatoms. The lowest BCUT2D eigenvalue weighted by Crippen LogP contribution is -2.22. The SMILES string of the molecule is CCCCOCC(NC)c1ccc(CC(C)C)cc1. The van der Waals surface area contributed by atoms with Crippen LogP contribution in [0, 0.1) is 5.92 Å². The first-order valence-corrected chi connectivity index (χ1v) is 7.51. The highest BCUT2D eigenvalue weighted by atomic mass is 16.5. The molecule has 0 bridgehead atoms. The molecule has 0 saturated carbocycles. The molecule has 0 aliphatic rings. The van der Waals surface area contributed by atoms with Gasteiger partial charge in [-0.2, -0.15) is 0 Å². The Kier molecular flexibility index (Phi) is 7.76. The van der Waals surface area contributed by atoms with Crippen molar-refractivity contribution in [2.75, 3.05) is 20.3 Å². The summed E-state index contributed by atoms with van der Waals surface area (Å²) in [5, 5.41) is 3.33. The molecule has 0 spiro atoms. The summed E-state index contributed by atoms with van der Waals surface area (Å²) in [4.78, 5) is 0. The highest BCUT2D eigenvalue weighted by Crippen LogP contribution is 2.16. The third-order valence-corrected chi connectivity index (χ3v) is 3.30. The van der Waals surface area contributed by atoms with Crippen molar-refractivity contribution in [3.05, 3.63) is 35.4 Å². The monoisotopic (exact) mass is 263 g/mol. The van der Waals surface area contributed by atoms with Crippen molar-refractivity contribution in [2.24, 2.45) is 5.92 Å². The molecule has 0 aliphatic heterocycles. The maximum atomic E-state index is 5.71. The minimum Gasteiger partial charge on any atom is -0.379 e. The number of rotatable bonds is 9. The van der Waals surface area contributed by atoms with Gasteiger partial charge in [0.2, 0.25) is 0 Å². The Morgan fingerprint density at radius 3 is 2.37 bits per heavy atom. The van der Waals surface area contributed by atoms with Crippen LogP contribution < -0.4 is 5.32 Å². The van der Waals surface area contributed by atoms with E-state index >= 15 is 0 Å². The van der Waals surface area contributed by atoms with Crippen LogP contribution in [-0.2, 0) is 11.2 Å². The lowest BCUT2D eigenvalue weighted by Gasteiger charge is -2.17. The number of hydrogen-bond acceptors (Lipinski definition) is 2. The molecule has 1 atom stereocenters. The van der Waals surface area contributed by atoms with Crippen molar-refractivity contribution < 1.29 is 4.74 Å². The van der Waals surface area contributed by atoms with Gasteiger partial charge in [0.15, 0.2) is 0 Å². The normalized spacial score (nSPS) is 12.9. The molecule has 0 aliphatic carbocycles. The zero-order valence-corrected chi connectivity index (χ0v) is 12.9. The Hall–Kier alpha value is -0.860. The van der Waals surface area contributed by atoms with Crippen molar-refractivity contribution >= 4 is 0 Å². The molecule has 2 nitrogen and oxygen atoms in total. The minimum absolute atomic E-state index is 0.296. The summed E-state index contributed by atoms with van der Waals surface area (Å²) in [5.41, 5.74) is 2.73.